The minimum atomic E-state index is -4.31. The first kappa shape index (κ1) is 27.0. The van der Waals surface area contributed by atoms with Gasteiger partial charge in [0, 0.05) is 18.7 Å². The highest BCUT2D eigenvalue weighted by Crippen LogP contribution is 2.37. The van der Waals surface area contributed by atoms with Crippen LogP contribution in [-0.2, 0) is 18.8 Å². The van der Waals surface area contributed by atoms with Crippen molar-refractivity contribution < 1.29 is 43.9 Å². The zero-order chi connectivity index (χ0) is 22.7. The van der Waals surface area contributed by atoms with Gasteiger partial charge in [-0.2, -0.15) is 5.10 Å². The van der Waals surface area contributed by atoms with Crippen molar-refractivity contribution in [3.8, 4) is 0 Å². The number of rotatable bonds is 13. The molecule has 9 N–H and O–H groups in total. The Morgan fingerprint density at radius 1 is 1.23 bits per heavy atom. The molecular weight excluding hydrogens is 423 g/mol. The summed E-state index contributed by atoms with van der Waals surface area (Å²) in [4.78, 5) is 22.1. The van der Waals surface area contributed by atoms with Crippen LogP contribution in [0.1, 0.15) is 19.8 Å². The Morgan fingerprint density at radius 2 is 1.93 bits per heavy atom. The molecule has 1 aliphatic heterocycles. The van der Waals surface area contributed by atoms with Gasteiger partial charge in [0.25, 0.3) is 0 Å². The molecule has 1 fully saturated rings. The molecule has 0 amide bonds. The van der Waals surface area contributed by atoms with E-state index in [1.54, 1.807) is 0 Å². The lowest BCUT2D eigenvalue weighted by atomic mass is 9.97. The summed E-state index contributed by atoms with van der Waals surface area (Å²) in [5.41, 5.74) is 5.97. The van der Waals surface area contributed by atoms with Crippen molar-refractivity contribution in [2.45, 2.75) is 56.5 Å². The number of nitrogens with zero attached hydrogens (tertiary/aromatic N) is 2. The van der Waals surface area contributed by atoms with Crippen LogP contribution in [0.15, 0.2) is 10.1 Å². The molecule has 13 nitrogen and oxygen atoms in total. The molecule has 6 atom stereocenters. The second-order valence-corrected chi connectivity index (χ2v) is 8.80. The van der Waals surface area contributed by atoms with E-state index in [0.29, 0.717) is 25.5 Å². The third-order valence-electron chi connectivity index (χ3n) is 4.17. The topological polar surface area (TPSA) is 223 Å². The number of ether oxygens (including phenoxy) is 3. The average molecular weight is 456 g/mol. The molecular formula is C16H33N4O9P. The number of aliphatic imine (C=N–C) groups is 1. The van der Waals surface area contributed by atoms with E-state index in [9.17, 15) is 19.9 Å². The van der Waals surface area contributed by atoms with Crippen LogP contribution in [0, 0.1) is 0 Å². The van der Waals surface area contributed by atoms with Gasteiger partial charge < -0.3 is 50.9 Å². The molecule has 1 unspecified atom stereocenters. The first-order chi connectivity index (χ1) is 14.0. The zero-order valence-corrected chi connectivity index (χ0v) is 17.8. The number of nitrogens with two attached hydrogens (primary N) is 2. The van der Waals surface area contributed by atoms with E-state index in [-0.39, 0.29) is 25.5 Å². The standard InChI is InChI=1S/C16H33N4O9P/c1-10(17)9-27-6-4-19-8-11(20-18)2-5-28-16-15(23)14(22)13(21)12(29-16)3-7-30(24,25)26/h8,10,12-16,21-23H,2-7,9,17-18H2,1H3,(H2,24,25,26)/t10?,12-,13-,14+,15+,16+/m1/s1. The third kappa shape index (κ3) is 10.4. The highest BCUT2D eigenvalue weighted by atomic mass is 31.2. The van der Waals surface area contributed by atoms with Crippen LogP contribution in [0.4, 0.5) is 0 Å². The van der Waals surface area contributed by atoms with E-state index in [2.05, 4.69) is 10.1 Å². The number of hydrogen-bond donors (Lipinski definition) is 7. The Hall–Kier alpha value is -0.990. The molecule has 1 saturated heterocycles. The maximum atomic E-state index is 11.0. The van der Waals surface area contributed by atoms with Gasteiger partial charge >= 0.3 is 7.60 Å². The Labute approximate surface area is 174 Å². The van der Waals surface area contributed by atoms with Gasteiger partial charge in [-0.05, 0) is 13.3 Å². The molecule has 0 aromatic carbocycles. The molecule has 0 saturated carbocycles. The summed E-state index contributed by atoms with van der Waals surface area (Å²) in [6, 6.07) is -0.0549. The summed E-state index contributed by atoms with van der Waals surface area (Å²) in [5, 5.41) is 33.5. The molecule has 0 aliphatic carbocycles. The van der Waals surface area contributed by atoms with E-state index in [0.717, 1.165) is 0 Å². The predicted octanol–water partition coefficient (Wildman–Crippen LogP) is -2.48. The summed E-state index contributed by atoms with van der Waals surface area (Å²) in [6.45, 7) is 3.04. The number of hydrazone groups is 1. The third-order valence-corrected chi connectivity index (χ3v) is 5.01. The molecule has 0 aromatic heterocycles. The quantitative estimate of drug-likeness (QED) is 0.0505. The van der Waals surface area contributed by atoms with E-state index < -0.39 is 44.5 Å². The van der Waals surface area contributed by atoms with E-state index >= 15 is 0 Å². The zero-order valence-electron chi connectivity index (χ0n) is 16.9. The summed E-state index contributed by atoms with van der Waals surface area (Å²) >= 11 is 0. The maximum absolute atomic E-state index is 11.0. The van der Waals surface area contributed by atoms with E-state index in [1.807, 2.05) is 6.92 Å². The van der Waals surface area contributed by atoms with Gasteiger partial charge in [-0.15, -0.1) is 0 Å². The minimum Gasteiger partial charge on any atom is -0.388 e. The molecule has 1 aliphatic rings. The number of hydrogen-bond acceptors (Lipinski definition) is 11. The van der Waals surface area contributed by atoms with Crippen LogP contribution >= 0.6 is 7.60 Å². The second kappa shape index (κ2) is 13.4. The van der Waals surface area contributed by atoms with E-state index in [1.165, 1.54) is 6.21 Å². The van der Waals surface area contributed by atoms with Crippen LogP contribution in [0.2, 0.25) is 0 Å². The van der Waals surface area contributed by atoms with Gasteiger partial charge in [0.15, 0.2) is 6.29 Å². The molecule has 1 rings (SSSR count). The van der Waals surface area contributed by atoms with Gasteiger partial charge in [0.1, 0.15) is 18.3 Å². The van der Waals surface area contributed by atoms with Gasteiger partial charge in [-0.3, -0.25) is 9.56 Å². The molecule has 0 aromatic rings. The molecule has 14 heteroatoms. The van der Waals surface area contributed by atoms with Crippen molar-refractivity contribution in [3.63, 3.8) is 0 Å². The SMILES string of the molecule is CC(N)COCCN=CC(CCO[C@H]1O[C@H](CCP(=O)(O)O)[C@@H](O)[C@H](O)[C@@H]1O)=NN. The summed E-state index contributed by atoms with van der Waals surface area (Å²) in [5.74, 6) is 5.31. The van der Waals surface area contributed by atoms with Crippen LogP contribution < -0.4 is 11.6 Å². The molecule has 1 heterocycles. The second-order valence-electron chi connectivity index (χ2n) is 7.02. The lowest BCUT2D eigenvalue weighted by Gasteiger charge is -2.40. The van der Waals surface area contributed by atoms with E-state index in [4.69, 9.17) is 35.6 Å². The van der Waals surface area contributed by atoms with Crippen LogP contribution in [0.5, 0.6) is 0 Å². The highest BCUT2D eigenvalue weighted by molar-refractivity contribution is 7.51. The molecule has 30 heavy (non-hydrogen) atoms. The fourth-order valence-electron chi connectivity index (χ4n) is 2.59. The molecule has 0 spiro atoms. The van der Waals surface area contributed by atoms with Gasteiger partial charge in [0.2, 0.25) is 0 Å². The summed E-state index contributed by atoms with van der Waals surface area (Å²) in [6.07, 6.45) is -6.14. The largest absolute Gasteiger partial charge is 0.388 e. The molecule has 176 valence electrons. The van der Waals surface area contributed by atoms with Crippen molar-refractivity contribution in [1.82, 2.24) is 0 Å². The van der Waals surface area contributed by atoms with Crippen molar-refractivity contribution in [1.29, 1.82) is 0 Å². The highest BCUT2D eigenvalue weighted by Gasteiger charge is 2.44. The first-order valence-corrected chi connectivity index (χ1v) is 11.3. The monoisotopic (exact) mass is 456 g/mol. The Kier molecular flexibility index (Phi) is 12.1. The van der Waals surface area contributed by atoms with Crippen LogP contribution in [0.25, 0.3) is 0 Å². The summed E-state index contributed by atoms with van der Waals surface area (Å²) in [7, 11) is -4.31. The van der Waals surface area contributed by atoms with Crippen LogP contribution in [-0.4, -0.2) is 106 Å². The van der Waals surface area contributed by atoms with Gasteiger partial charge in [-0.1, -0.05) is 0 Å². The van der Waals surface area contributed by atoms with Crippen molar-refractivity contribution >= 4 is 19.5 Å². The normalized spacial score (nSPS) is 29.4. The first-order valence-electron chi connectivity index (χ1n) is 9.51. The molecule has 0 radical (unpaired) electrons. The van der Waals surface area contributed by atoms with Gasteiger partial charge in [0.05, 0.1) is 44.3 Å². The van der Waals surface area contributed by atoms with Crippen molar-refractivity contribution in [3.05, 3.63) is 0 Å². The average Bonchev–Trinajstić information content (AvgIpc) is 2.67. The fourth-order valence-corrected chi connectivity index (χ4v) is 3.18. The Balaban J connectivity index is 2.45. The van der Waals surface area contributed by atoms with Crippen molar-refractivity contribution in [2.24, 2.45) is 21.7 Å². The lowest BCUT2D eigenvalue weighted by molar-refractivity contribution is -0.296. The van der Waals surface area contributed by atoms with Crippen LogP contribution in [0.3, 0.4) is 0 Å². The van der Waals surface area contributed by atoms with Crippen molar-refractivity contribution in [2.75, 3.05) is 32.5 Å². The minimum absolute atomic E-state index is 0.000995. The lowest BCUT2D eigenvalue weighted by Crippen LogP contribution is -2.58. The Morgan fingerprint density at radius 3 is 2.53 bits per heavy atom. The number of aliphatic hydroxyl groups is 3. The summed E-state index contributed by atoms with van der Waals surface area (Å²) < 4.78 is 27.1. The Bertz CT molecular complexity index is 601. The van der Waals surface area contributed by atoms with Gasteiger partial charge in [-0.25, -0.2) is 0 Å². The smallest absolute Gasteiger partial charge is 0.325 e. The predicted molar refractivity (Wildman–Crippen MR) is 108 cm³/mol. The fraction of sp³-hybridized carbons (Fsp3) is 0.875. The number of aliphatic hydroxyl groups excluding tert-OH is 3. The molecule has 0 bridgehead atoms. The maximum Gasteiger partial charge on any atom is 0.325 e.